The van der Waals surface area contributed by atoms with Crippen LogP contribution in [0.2, 0.25) is 0 Å². The van der Waals surface area contributed by atoms with Gasteiger partial charge in [-0.15, -0.1) is 11.3 Å². The van der Waals surface area contributed by atoms with Crippen molar-refractivity contribution in [1.82, 2.24) is 9.78 Å². The first-order valence-corrected chi connectivity index (χ1v) is 8.99. The van der Waals surface area contributed by atoms with Gasteiger partial charge in [0.15, 0.2) is 0 Å². The summed E-state index contributed by atoms with van der Waals surface area (Å²) in [5.41, 5.74) is 1.91. The molecule has 3 rings (SSSR count). The van der Waals surface area contributed by atoms with Crippen molar-refractivity contribution in [2.75, 3.05) is 4.72 Å². The number of hydrogen-bond acceptors (Lipinski definition) is 4. The van der Waals surface area contributed by atoms with E-state index in [1.54, 1.807) is 19.2 Å². The molecule has 22 heavy (non-hydrogen) atoms. The maximum Gasteiger partial charge on any atom is 0.265 e. The molecule has 3 aromatic rings. The fraction of sp³-hybridized carbons (Fsp3) is 0.133. The number of anilines is 1. The molecule has 2 aromatic heterocycles. The van der Waals surface area contributed by atoms with Crippen LogP contribution in [-0.4, -0.2) is 18.2 Å². The van der Waals surface area contributed by atoms with E-state index in [2.05, 4.69) is 9.82 Å². The van der Waals surface area contributed by atoms with Gasteiger partial charge in [-0.3, -0.25) is 9.40 Å². The van der Waals surface area contributed by atoms with Gasteiger partial charge in [-0.25, -0.2) is 8.42 Å². The van der Waals surface area contributed by atoms with Crippen LogP contribution in [0.25, 0.3) is 10.6 Å². The zero-order chi connectivity index (χ0) is 15.7. The van der Waals surface area contributed by atoms with Crippen LogP contribution in [-0.2, 0) is 17.1 Å². The number of nitrogens with one attached hydrogen (secondary N) is 1. The van der Waals surface area contributed by atoms with E-state index in [-0.39, 0.29) is 4.90 Å². The van der Waals surface area contributed by atoms with Crippen molar-refractivity contribution < 1.29 is 8.42 Å². The lowest BCUT2D eigenvalue weighted by Gasteiger charge is -2.09. The third-order valence-corrected chi connectivity index (χ3v) is 5.47. The van der Waals surface area contributed by atoms with E-state index in [4.69, 9.17) is 0 Å². The van der Waals surface area contributed by atoms with Crippen LogP contribution in [0, 0.1) is 6.92 Å². The largest absolute Gasteiger partial charge is 0.279 e. The third kappa shape index (κ3) is 2.77. The Labute approximate surface area is 133 Å². The number of aryl methyl sites for hydroxylation is 2. The Kier molecular flexibility index (Phi) is 3.76. The zero-order valence-electron chi connectivity index (χ0n) is 12.1. The molecule has 0 atom stereocenters. The lowest BCUT2D eigenvalue weighted by Crippen LogP contribution is -2.14. The fourth-order valence-corrected chi connectivity index (χ4v) is 4.25. The van der Waals surface area contributed by atoms with Gasteiger partial charge in [0.2, 0.25) is 0 Å². The minimum atomic E-state index is -3.70. The number of sulfonamides is 1. The van der Waals surface area contributed by atoms with Crippen molar-refractivity contribution in [3.63, 3.8) is 0 Å². The summed E-state index contributed by atoms with van der Waals surface area (Å²) in [4.78, 5) is 1.01. The van der Waals surface area contributed by atoms with E-state index in [0.717, 1.165) is 10.4 Å². The van der Waals surface area contributed by atoms with Crippen LogP contribution < -0.4 is 4.72 Å². The average Bonchev–Trinajstić information content (AvgIpc) is 3.10. The van der Waals surface area contributed by atoms with Crippen LogP contribution in [0.1, 0.15) is 5.56 Å². The highest BCUT2D eigenvalue weighted by Gasteiger charge is 2.24. The van der Waals surface area contributed by atoms with E-state index in [1.807, 2.05) is 36.6 Å². The molecule has 0 saturated carbocycles. The Morgan fingerprint density at radius 3 is 2.64 bits per heavy atom. The molecule has 5 nitrogen and oxygen atoms in total. The second-order valence-electron chi connectivity index (χ2n) is 4.91. The highest BCUT2D eigenvalue weighted by molar-refractivity contribution is 7.92. The number of para-hydroxylation sites is 1. The molecule has 2 heterocycles. The molecule has 0 aliphatic heterocycles. The first-order valence-electron chi connectivity index (χ1n) is 6.63. The first-order chi connectivity index (χ1) is 10.5. The standard InChI is InChI=1S/C15H15N3O2S2/c1-11-6-3-4-7-12(11)17-22(19,20)14-10-18(2)16-15(14)13-8-5-9-21-13/h3-10,17H,1-2H3. The van der Waals surface area contributed by atoms with Gasteiger partial charge in [0, 0.05) is 13.2 Å². The molecule has 1 N–H and O–H groups in total. The molecule has 0 aliphatic carbocycles. The number of thiophene rings is 1. The summed E-state index contributed by atoms with van der Waals surface area (Å²) in [5.74, 6) is 0. The van der Waals surface area contributed by atoms with Gasteiger partial charge in [0.25, 0.3) is 10.0 Å². The summed E-state index contributed by atoms with van der Waals surface area (Å²) in [7, 11) is -1.99. The van der Waals surface area contributed by atoms with Crippen molar-refractivity contribution in [2.24, 2.45) is 7.05 Å². The van der Waals surface area contributed by atoms with Crippen molar-refractivity contribution in [2.45, 2.75) is 11.8 Å². The van der Waals surface area contributed by atoms with E-state index < -0.39 is 10.0 Å². The van der Waals surface area contributed by atoms with Crippen molar-refractivity contribution in [1.29, 1.82) is 0 Å². The quantitative estimate of drug-likeness (QED) is 0.797. The maximum atomic E-state index is 12.7. The van der Waals surface area contributed by atoms with Crippen molar-refractivity contribution >= 4 is 27.0 Å². The molecule has 114 valence electrons. The zero-order valence-corrected chi connectivity index (χ0v) is 13.8. The van der Waals surface area contributed by atoms with Gasteiger partial charge in [0.1, 0.15) is 10.6 Å². The minimum absolute atomic E-state index is 0.181. The number of rotatable bonds is 4. The Morgan fingerprint density at radius 2 is 1.95 bits per heavy atom. The molecule has 0 amide bonds. The molecule has 0 aliphatic rings. The molecule has 1 aromatic carbocycles. The summed E-state index contributed by atoms with van der Waals surface area (Å²) >= 11 is 1.46. The summed E-state index contributed by atoms with van der Waals surface area (Å²) < 4.78 is 29.6. The molecule has 0 unspecified atom stereocenters. The summed E-state index contributed by atoms with van der Waals surface area (Å²) in [6.45, 7) is 1.86. The topological polar surface area (TPSA) is 64.0 Å². The predicted molar refractivity (Wildman–Crippen MR) is 88.5 cm³/mol. The third-order valence-electron chi connectivity index (χ3n) is 3.23. The molecule has 7 heteroatoms. The molecular weight excluding hydrogens is 318 g/mol. The van der Waals surface area contributed by atoms with Crippen LogP contribution in [0.5, 0.6) is 0 Å². The van der Waals surface area contributed by atoms with Crippen molar-refractivity contribution in [3.8, 4) is 10.6 Å². The van der Waals surface area contributed by atoms with E-state index in [9.17, 15) is 8.42 Å². The van der Waals surface area contributed by atoms with Gasteiger partial charge in [-0.2, -0.15) is 5.10 Å². The lowest BCUT2D eigenvalue weighted by molar-refractivity contribution is 0.601. The molecule has 0 bridgehead atoms. The summed E-state index contributed by atoms with van der Waals surface area (Å²) in [6.07, 6.45) is 1.52. The number of nitrogens with zero attached hydrogens (tertiary/aromatic N) is 2. The monoisotopic (exact) mass is 333 g/mol. The van der Waals surface area contributed by atoms with Crippen LogP contribution in [0.15, 0.2) is 52.9 Å². The van der Waals surface area contributed by atoms with Gasteiger partial charge in [-0.05, 0) is 30.0 Å². The molecular formula is C15H15N3O2S2. The second kappa shape index (κ2) is 5.58. The van der Waals surface area contributed by atoms with E-state index >= 15 is 0 Å². The lowest BCUT2D eigenvalue weighted by atomic mass is 10.2. The maximum absolute atomic E-state index is 12.7. The Morgan fingerprint density at radius 1 is 1.18 bits per heavy atom. The minimum Gasteiger partial charge on any atom is -0.279 e. The average molecular weight is 333 g/mol. The van der Waals surface area contributed by atoms with Gasteiger partial charge < -0.3 is 0 Å². The Hall–Kier alpha value is -2.12. The predicted octanol–water partition coefficient (Wildman–Crippen LogP) is 3.26. The smallest absolute Gasteiger partial charge is 0.265 e. The second-order valence-corrected chi connectivity index (χ2v) is 7.51. The molecule has 0 radical (unpaired) electrons. The van der Waals surface area contributed by atoms with Crippen molar-refractivity contribution in [3.05, 3.63) is 53.5 Å². The SMILES string of the molecule is Cc1ccccc1NS(=O)(=O)c1cn(C)nc1-c1cccs1. The molecule has 0 fully saturated rings. The highest BCUT2D eigenvalue weighted by atomic mass is 32.2. The number of hydrogen-bond donors (Lipinski definition) is 1. The van der Waals surface area contributed by atoms with Gasteiger partial charge in [0.05, 0.1) is 10.6 Å². The van der Waals surface area contributed by atoms with Crippen LogP contribution >= 0.6 is 11.3 Å². The summed E-state index contributed by atoms with van der Waals surface area (Å²) in [6, 6.07) is 11.0. The Bertz CT molecular complexity index is 897. The Balaban J connectivity index is 2.05. The number of aromatic nitrogens is 2. The van der Waals surface area contributed by atoms with Gasteiger partial charge in [-0.1, -0.05) is 24.3 Å². The fourth-order valence-electron chi connectivity index (χ4n) is 2.13. The highest BCUT2D eigenvalue weighted by Crippen LogP contribution is 2.30. The van der Waals surface area contributed by atoms with Gasteiger partial charge >= 0.3 is 0 Å². The van der Waals surface area contributed by atoms with E-state index in [0.29, 0.717) is 11.4 Å². The molecule has 0 spiro atoms. The first kappa shape index (κ1) is 14.8. The van der Waals surface area contributed by atoms with Crippen LogP contribution in [0.4, 0.5) is 5.69 Å². The normalized spacial score (nSPS) is 11.5. The molecule has 0 saturated heterocycles. The number of benzene rings is 1. The summed E-state index contributed by atoms with van der Waals surface area (Å²) in [5, 5.41) is 6.19. The van der Waals surface area contributed by atoms with E-state index in [1.165, 1.54) is 22.2 Å². The van der Waals surface area contributed by atoms with Crippen LogP contribution in [0.3, 0.4) is 0 Å².